The minimum atomic E-state index is -2.74. The Morgan fingerprint density at radius 1 is 1.62 bits per heavy atom. The third kappa shape index (κ3) is 2.50. The first kappa shape index (κ1) is 13.3. The van der Waals surface area contributed by atoms with Crippen molar-refractivity contribution in [3.05, 3.63) is 29.8 Å². The van der Waals surface area contributed by atoms with Crippen LogP contribution in [0.3, 0.4) is 0 Å². The summed E-state index contributed by atoms with van der Waals surface area (Å²) in [6, 6.07) is 8.25. The van der Waals surface area contributed by atoms with Crippen molar-refractivity contribution < 1.29 is 28.5 Å². The van der Waals surface area contributed by atoms with Gasteiger partial charge in [-0.2, -0.15) is 23.8 Å². The van der Waals surface area contributed by atoms with Crippen LogP contribution in [-0.2, 0) is 40.6 Å². The molecule has 89 valence electrons. The fraction of sp³-hybridized carbons (Fsp3) is 0.300. The van der Waals surface area contributed by atoms with E-state index >= 15 is 0 Å². The number of hydrogen-bond donors (Lipinski definition) is 1. The standard InChI is InChI=1S/C10H11N2O2S.Rh/c1-2-8-4-3-5-9(6-8)15(14)11-7-10(13)12-15;/h3-4,6H,2,7H2,1H3,(H,11,12,13,14);/q-1;. The molecule has 1 aromatic carbocycles. The van der Waals surface area contributed by atoms with Crippen LogP contribution in [0.25, 0.3) is 0 Å². The van der Waals surface area contributed by atoms with E-state index in [1.54, 1.807) is 12.1 Å². The van der Waals surface area contributed by atoms with Crippen molar-refractivity contribution in [1.29, 1.82) is 0 Å². The maximum atomic E-state index is 12.1. The summed E-state index contributed by atoms with van der Waals surface area (Å²) in [5.74, 6) is -0.296. The van der Waals surface area contributed by atoms with Gasteiger partial charge in [0.2, 0.25) is 0 Å². The minimum absolute atomic E-state index is 0. The molecule has 0 spiro atoms. The van der Waals surface area contributed by atoms with E-state index in [2.05, 4.69) is 15.2 Å². The van der Waals surface area contributed by atoms with Gasteiger partial charge in [-0.05, 0) is 4.90 Å². The molecule has 2 rings (SSSR count). The second-order valence-corrected chi connectivity index (χ2v) is 5.21. The minimum Gasteiger partial charge on any atom is -0.272 e. The predicted molar refractivity (Wildman–Crippen MR) is 56.5 cm³/mol. The second kappa shape index (κ2) is 5.06. The smallest absolute Gasteiger partial charge is 0.254 e. The molecule has 1 amide bonds. The molecule has 1 heterocycles. The van der Waals surface area contributed by atoms with Gasteiger partial charge in [-0.25, -0.2) is 8.57 Å². The van der Waals surface area contributed by atoms with Crippen LogP contribution in [0, 0.1) is 6.07 Å². The molecule has 1 unspecified atom stereocenters. The van der Waals surface area contributed by atoms with Gasteiger partial charge in [0.1, 0.15) is 16.5 Å². The van der Waals surface area contributed by atoms with Crippen LogP contribution in [0.1, 0.15) is 12.5 Å². The van der Waals surface area contributed by atoms with Crippen molar-refractivity contribution in [3.8, 4) is 0 Å². The van der Waals surface area contributed by atoms with Gasteiger partial charge in [-0.15, -0.1) is 6.07 Å². The van der Waals surface area contributed by atoms with Crippen LogP contribution in [0.2, 0.25) is 0 Å². The molecule has 1 radical (unpaired) electrons. The van der Waals surface area contributed by atoms with E-state index in [0.717, 1.165) is 12.0 Å². The quantitative estimate of drug-likeness (QED) is 0.649. The summed E-state index contributed by atoms with van der Waals surface area (Å²) in [7, 11) is -2.74. The van der Waals surface area contributed by atoms with Gasteiger partial charge in [-0.1, -0.05) is 13.3 Å². The molecule has 1 aliphatic rings. The molecular formula is C10H11N2O2RhS-. The van der Waals surface area contributed by atoms with Crippen molar-refractivity contribution >= 4 is 15.8 Å². The Hall–Kier alpha value is -0.737. The molecular weight excluding hydrogens is 315 g/mol. The van der Waals surface area contributed by atoms with Gasteiger partial charge >= 0.3 is 0 Å². The summed E-state index contributed by atoms with van der Waals surface area (Å²) in [4.78, 5) is 11.5. The number of benzene rings is 1. The number of nitrogens with zero attached hydrogens (tertiary/aromatic N) is 1. The number of hydrogen-bond acceptors (Lipinski definition) is 3. The fourth-order valence-corrected chi connectivity index (χ4v) is 2.89. The maximum Gasteiger partial charge on any atom is 0.254 e. The van der Waals surface area contributed by atoms with Gasteiger partial charge in [0.05, 0.1) is 0 Å². The number of aryl methyl sites for hydroxylation is 1. The molecule has 0 aromatic heterocycles. The van der Waals surface area contributed by atoms with E-state index in [1.807, 2.05) is 13.0 Å². The van der Waals surface area contributed by atoms with E-state index < -0.39 is 9.92 Å². The predicted octanol–water partition coefficient (Wildman–Crippen LogP) is 0.918. The Balaban J connectivity index is 0.00000128. The summed E-state index contributed by atoms with van der Waals surface area (Å²) in [5, 5.41) is 0. The molecule has 1 N–H and O–H groups in total. The van der Waals surface area contributed by atoms with E-state index in [4.69, 9.17) is 0 Å². The molecule has 0 saturated heterocycles. The topological polar surface area (TPSA) is 58.5 Å². The summed E-state index contributed by atoms with van der Waals surface area (Å²) in [5.41, 5.74) is 1.06. The normalized spacial score (nSPS) is 23.2. The van der Waals surface area contributed by atoms with Crippen molar-refractivity contribution in [2.45, 2.75) is 18.2 Å². The first-order chi connectivity index (χ1) is 7.14. The number of nitrogens with one attached hydrogen (secondary N) is 1. The maximum absolute atomic E-state index is 12.1. The molecule has 0 aliphatic carbocycles. The van der Waals surface area contributed by atoms with Crippen LogP contribution in [-0.4, -0.2) is 16.7 Å². The summed E-state index contributed by atoms with van der Waals surface area (Å²) in [6.07, 6.45) is 0.852. The van der Waals surface area contributed by atoms with Gasteiger partial charge in [-0.3, -0.25) is 9.52 Å². The second-order valence-electron chi connectivity index (χ2n) is 3.25. The number of amides is 1. The van der Waals surface area contributed by atoms with E-state index in [1.165, 1.54) is 0 Å². The molecule has 1 aliphatic heterocycles. The summed E-state index contributed by atoms with van der Waals surface area (Å²) < 4.78 is 18.4. The first-order valence-electron chi connectivity index (χ1n) is 4.68. The van der Waals surface area contributed by atoms with Gasteiger partial charge < -0.3 is 0 Å². The third-order valence-electron chi connectivity index (χ3n) is 2.19. The zero-order chi connectivity index (χ0) is 10.9. The molecule has 0 fully saturated rings. The van der Waals surface area contributed by atoms with Crippen LogP contribution in [0.5, 0.6) is 0 Å². The zero-order valence-corrected chi connectivity index (χ0v) is 11.1. The molecule has 16 heavy (non-hydrogen) atoms. The Morgan fingerprint density at radius 3 is 2.94 bits per heavy atom. The van der Waals surface area contributed by atoms with Crippen molar-refractivity contribution in [2.24, 2.45) is 4.36 Å². The first-order valence-corrected chi connectivity index (χ1v) is 6.20. The van der Waals surface area contributed by atoms with Crippen LogP contribution in [0.4, 0.5) is 0 Å². The van der Waals surface area contributed by atoms with Gasteiger partial charge in [0, 0.05) is 19.5 Å². The van der Waals surface area contributed by atoms with Gasteiger partial charge in [0.15, 0.2) is 0 Å². The van der Waals surface area contributed by atoms with E-state index in [0.29, 0.717) is 4.90 Å². The Morgan fingerprint density at radius 2 is 2.38 bits per heavy atom. The van der Waals surface area contributed by atoms with Crippen molar-refractivity contribution in [1.82, 2.24) is 4.72 Å². The molecule has 6 heteroatoms. The summed E-state index contributed by atoms with van der Waals surface area (Å²) in [6.45, 7) is 1.99. The van der Waals surface area contributed by atoms with E-state index in [9.17, 15) is 9.00 Å². The molecule has 0 bridgehead atoms. The number of carbonyl (C=O) groups excluding carboxylic acids is 1. The van der Waals surface area contributed by atoms with Crippen LogP contribution in [0.15, 0.2) is 27.5 Å². The molecule has 1 atom stereocenters. The Bertz CT molecular complexity index is 521. The zero-order valence-electron chi connectivity index (χ0n) is 8.65. The van der Waals surface area contributed by atoms with Gasteiger partial charge in [0.25, 0.3) is 5.91 Å². The fourth-order valence-electron chi connectivity index (χ4n) is 1.36. The van der Waals surface area contributed by atoms with Crippen LogP contribution < -0.4 is 4.72 Å². The molecule has 1 aromatic rings. The number of carbonyl (C=O) groups is 1. The Labute approximate surface area is 108 Å². The van der Waals surface area contributed by atoms with E-state index in [-0.39, 0.29) is 31.9 Å². The molecule has 4 nitrogen and oxygen atoms in total. The third-order valence-corrected chi connectivity index (χ3v) is 4.02. The monoisotopic (exact) mass is 326 g/mol. The van der Waals surface area contributed by atoms with Crippen LogP contribution >= 0.6 is 0 Å². The Kier molecular flexibility index (Phi) is 4.22. The van der Waals surface area contributed by atoms with Crippen molar-refractivity contribution in [3.63, 3.8) is 0 Å². The SMILES string of the molecule is CCc1cc[c-]c(S2(=O)=NCC(=O)N2)c1.[Rh]. The average Bonchev–Trinajstić information content (AvgIpc) is 2.60. The average molecular weight is 326 g/mol. The largest absolute Gasteiger partial charge is 0.272 e. The molecule has 0 saturated carbocycles. The summed E-state index contributed by atoms with van der Waals surface area (Å²) >= 11 is 0. The number of rotatable bonds is 2. The van der Waals surface area contributed by atoms with Crippen molar-refractivity contribution in [2.75, 3.05) is 6.54 Å².